The fraction of sp³-hybridized carbons (Fsp3) is 0.333. The van der Waals surface area contributed by atoms with E-state index in [0.717, 1.165) is 18.9 Å². The molecule has 0 atom stereocenters. The van der Waals surface area contributed by atoms with E-state index < -0.39 is 0 Å². The summed E-state index contributed by atoms with van der Waals surface area (Å²) in [5, 5.41) is 7.37. The molecule has 7 nitrogen and oxygen atoms in total. The van der Waals surface area contributed by atoms with Crippen molar-refractivity contribution >= 4 is 5.96 Å². The van der Waals surface area contributed by atoms with Crippen molar-refractivity contribution in [2.45, 2.75) is 26.3 Å². The van der Waals surface area contributed by atoms with Crippen LogP contribution in [-0.4, -0.2) is 46.6 Å². The summed E-state index contributed by atoms with van der Waals surface area (Å²) in [6.45, 7) is 3.61. The van der Waals surface area contributed by atoms with Crippen LogP contribution < -0.4 is 5.32 Å². The van der Waals surface area contributed by atoms with Gasteiger partial charge in [0.05, 0.1) is 0 Å². The first kappa shape index (κ1) is 19.5. The van der Waals surface area contributed by atoms with E-state index in [1.165, 1.54) is 11.1 Å². The molecule has 0 bridgehead atoms. The SMILES string of the molecule is CCc1ccc(CN(C)C(=NC)NCCc2noc(-c3ccccn3)n2)cc1. The molecule has 0 unspecified atom stereocenters. The van der Waals surface area contributed by atoms with E-state index in [4.69, 9.17) is 4.52 Å². The highest BCUT2D eigenvalue weighted by molar-refractivity contribution is 5.79. The molecule has 2 aromatic heterocycles. The number of aromatic nitrogens is 3. The van der Waals surface area contributed by atoms with Crippen LogP contribution in [0.1, 0.15) is 23.9 Å². The van der Waals surface area contributed by atoms with E-state index in [1.807, 2.05) is 25.2 Å². The summed E-state index contributed by atoms with van der Waals surface area (Å²) in [4.78, 5) is 15.1. The van der Waals surface area contributed by atoms with Crippen LogP contribution >= 0.6 is 0 Å². The van der Waals surface area contributed by atoms with E-state index in [0.29, 0.717) is 30.4 Å². The highest BCUT2D eigenvalue weighted by Crippen LogP contribution is 2.13. The Bertz CT molecular complexity index is 889. The van der Waals surface area contributed by atoms with Gasteiger partial charge < -0.3 is 14.7 Å². The lowest BCUT2D eigenvalue weighted by atomic mass is 10.1. The fourth-order valence-corrected chi connectivity index (χ4v) is 2.85. The fourth-order valence-electron chi connectivity index (χ4n) is 2.85. The predicted molar refractivity (Wildman–Crippen MR) is 110 cm³/mol. The lowest BCUT2D eigenvalue weighted by Gasteiger charge is -2.22. The number of aryl methyl sites for hydroxylation is 1. The number of pyridine rings is 1. The molecule has 0 aliphatic rings. The molecule has 0 aliphatic heterocycles. The molecule has 0 aliphatic carbocycles. The lowest BCUT2D eigenvalue weighted by Crippen LogP contribution is -2.39. The molecule has 2 heterocycles. The molecular formula is C21H26N6O. The van der Waals surface area contributed by atoms with E-state index in [-0.39, 0.29) is 0 Å². The van der Waals surface area contributed by atoms with Crippen molar-refractivity contribution in [3.63, 3.8) is 0 Å². The van der Waals surface area contributed by atoms with E-state index >= 15 is 0 Å². The van der Waals surface area contributed by atoms with Gasteiger partial charge in [0.1, 0.15) is 5.69 Å². The summed E-state index contributed by atoms with van der Waals surface area (Å²) < 4.78 is 5.29. The average Bonchev–Trinajstić information content (AvgIpc) is 3.21. The smallest absolute Gasteiger partial charge is 0.276 e. The molecule has 0 fully saturated rings. The average molecular weight is 378 g/mol. The Balaban J connectivity index is 1.50. The van der Waals surface area contributed by atoms with Crippen LogP contribution in [0.2, 0.25) is 0 Å². The maximum absolute atomic E-state index is 5.29. The van der Waals surface area contributed by atoms with Crippen LogP contribution in [0.3, 0.4) is 0 Å². The van der Waals surface area contributed by atoms with Gasteiger partial charge in [0.15, 0.2) is 11.8 Å². The molecule has 0 radical (unpaired) electrons. The Morgan fingerprint density at radius 2 is 1.93 bits per heavy atom. The van der Waals surface area contributed by atoms with Crippen molar-refractivity contribution in [2.24, 2.45) is 4.99 Å². The normalized spacial score (nSPS) is 11.5. The summed E-state index contributed by atoms with van der Waals surface area (Å²) >= 11 is 0. The van der Waals surface area contributed by atoms with Gasteiger partial charge in [0.2, 0.25) is 0 Å². The van der Waals surface area contributed by atoms with E-state index in [2.05, 4.69) is 61.5 Å². The van der Waals surface area contributed by atoms with Crippen LogP contribution in [0, 0.1) is 0 Å². The molecule has 3 rings (SSSR count). The molecule has 146 valence electrons. The zero-order valence-electron chi connectivity index (χ0n) is 16.6. The molecule has 0 amide bonds. The van der Waals surface area contributed by atoms with Crippen LogP contribution in [0.25, 0.3) is 11.6 Å². The molecule has 28 heavy (non-hydrogen) atoms. The van der Waals surface area contributed by atoms with Crippen molar-refractivity contribution in [3.05, 3.63) is 65.6 Å². The highest BCUT2D eigenvalue weighted by Gasteiger charge is 2.11. The molecular weight excluding hydrogens is 352 g/mol. The Hall–Kier alpha value is -3.22. The Kier molecular flexibility index (Phi) is 6.73. The lowest BCUT2D eigenvalue weighted by molar-refractivity contribution is 0.420. The molecule has 0 saturated heterocycles. The maximum atomic E-state index is 5.29. The zero-order chi connectivity index (χ0) is 19.8. The predicted octanol–water partition coefficient (Wildman–Crippen LogP) is 2.94. The van der Waals surface area contributed by atoms with Crippen LogP contribution in [0.4, 0.5) is 0 Å². The monoisotopic (exact) mass is 378 g/mol. The summed E-state index contributed by atoms with van der Waals surface area (Å²) in [6, 6.07) is 14.3. The number of guanidine groups is 1. The number of nitrogens with zero attached hydrogens (tertiary/aromatic N) is 5. The second kappa shape index (κ2) is 9.64. The first-order chi connectivity index (χ1) is 13.7. The molecule has 0 saturated carbocycles. The minimum absolute atomic E-state index is 0.438. The van der Waals surface area contributed by atoms with E-state index in [9.17, 15) is 0 Å². The van der Waals surface area contributed by atoms with Crippen LogP contribution in [-0.2, 0) is 19.4 Å². The molecule has 1 aromatic carbocycles. The minimum Gasteiger partial charge on any atom is -0.356 e. The quantitative estimate of drug-likeness (QED) is 0.503. The molecule has 1 N–H and O–H groups in total. The van der Waals surface area contributed by atoms with Crippen molar-refractivity contribution in [3.8, 4) is 11.6 Å². The summed E-state index contributed by atoms with van der Waals surface area (Å²) in [7, 11) is 3.81. The van der Waals surface area contributed by atoms with Gasteiger partial charge in [-0.2, -0.15) is 4.98 Å². The zero-order valence-corrected chi connectivity index (χ0v) is 16.6. The summed E-state index contributed by atoms with van der Waals surface area (Å²) in [5.74, 6) is 1.90. The molecule has 3 aromatic rings. The second-order valence-electron chi connectivity index (χ2n) is 6.48. The maximum Gasteiger partial charge on any atom is 0.276 e. The number of hydrogen-bond donors (Lipinski definition) is 1. The first-order valence-corrected chi connectivity index (χ1v) is 9.43. The number of nitrogens with one attached hydrogen (secondary N) is 1. The third-order valence-electron chi connectivity index (χ3n) is 4.41. The Labute approximate surface area is 165 Å². The number of benzene rings is 1. The van der Waals surface area contributed by atoms with Gasteiger partial charge in [-0.05, 0) is 29.7 Å². The van der Waals surface area contributed by atoms with Gasteiger partial charge in [0.25, 0.3) is 5.89 Å². The minimum atomic E-state index is 0.438. The van der Waals surface area contributed by atoms with Gasteiger partial charge in [-0.3, -0.25) is 9.98 Å². The highest BCUT2D eigenvalue weighted by atomic mass is 16.5. The van der Waals surface area contributed by atoms with Crippen LogP contribution in [0.5, 0.6) is 0 Å². The largest absolute Gasteiger partial charge is 0.356 e. The topological polar surface area (TPSA) is 79.4 Å². The van der Waals surface area contributed by atoms with Gasteiger partial charge in [-0.25, -0.2) is 0 Å². The Morgan fingerprint density at radius 3 is 2.61 bits per heavy atom. The van der Waals surface area contributed by atoms with E-state index in [1.54, 1.807) is 13.2 Å². The first-order valence-electron chi connectivity index (χ1n) is 9.43. The van der Waals surface area contributed by atoms with Gasteiger partial charge in [-0.1, -0.05) is 42.4 Å². The Morgan fingerprint density at radius 1 is 1.14 bits per heavy atom. The third-order valence-corrected chi connectivity index (χ3v) is 4.41. The second-order valence-corrected chi connectivity index (χ2v) is 6.48. The van der Waals surface area contributed by atoms with Crippen molar-refractivity contribution in [2.75, 3.05) is 20.6 Å². The standard InChI is InChI=1S/C21H26N6O/c1-4-16-8-10-17(11-9-16)15-27(3)21(22-2)24-14-12-19-25-20(28-26-19)18-7-5-6-13-23-18/h5-11,13H,4,12,14-15H2,1-3H3,(H,22,24). The van der Waals surface area contributed by atoms with Gasteiger partial charge >= 0.3 is 0 Å². The van der Waals surface area contributed by atoms with Crippen molar-refractivity contribution in [1.29, 1.82) is 0 Å². The summed E-state index contributed by atoms with van der Waals surface area (Å²) in [6.07, 6.45) is 3.39. The number of rotatable bonds is 7. The van der Waals surface area contributed by atoms with Crippen LogP contribution in [0.15, 0.2) is 58.2 Å². The third kappa shape index (κ3) is 5.16. The van der Waals surface area contributed by atoms with Crippen molar-refractivity contribution < 1.29 is 4.52 Å². The van der Waals surface area contributed by atoms with Crippen molar-refractivity contribution in [1.82, 2.24) is 25.3 Å². The molecule has 7 heteroatoms. The number of aliphatic imine (C=N–C) groups is 1. The van der Waals surface area contributed by atoms with Gasteiger partial charge in [-0.15, -0.1) is 0 Å². The van der Waals surface area contributed by atoms with Gasteiger partial charge in [0, 0.05) is 39.8 Å². The summed E-state index contributed by atoms with van der Waals surface area (Å²) in [5.41, 5.74) is 3.28. The molecule has 0 spiro atoms. The number of hydrogen-bond acceptors (Lipinski definition) is 5.